The van der Waals surface area contributed by atoms with E-state index >= 15 is 0 Å². The first-order chi connectivity index (χ1) is 13.0. The molecule has 27 heavy (non-hydrogen) atoms. The summed E-state index contributed by atoms with van der Waals surface area (Å²) in [4.78, 5) is 9.59. The van der Waals surface area contributed by atoms with Crippen molar-refractivity contribution in [3.63, 3.8) is 0 Å². The third-order valence-electron chi connectivity index (χ3n) is 4.69. The molecule has 0 bridgehead atoms. The van der Waals surface area contributed by atoms with Crippen molar-refractivity contribution in [3.8, 4) is 0 Å². The summed E-state index contributed by atoms with van der Waals surface area (Å²) in [6.07, 6.45) is 12.0. The van der Waals surface area contributed by atoms with Gasteiger partial charge in [-0.2, -0.15) is 0 Å². The number of phosphoric ester groups is 1. The third kappa shape index (κ3) is 11.0. The number of phosphoric acid groups is 1. The lowest BCUT2D eigenvalue weighted by molar-refractivity contribution is 0.148. The second kappa shape index (κ2) is 14.3. The van der Waals surface area contributed by atoms with Gasteiger partial charge in [0.2, 0.25) is 0 Å². The highest BCUT2D eigenvalue weighted by atomic mass is 31.2. The molecule has 0 spiro atoms. The van der Waals surface area contributed by atoms with Crippen molar-refractivity contribution < 1.29 is 18.5 Å². The van der Waals surface area contributed by atoms with Crippen LogP contribution >= 0.6 is 7.82 Å². The van der Waals surface area contributed by atoms with Crippen LogP contribution in [0.2, 0.25) is 0 Å². The lowest BCUT2D eigenvalue weighted by atomic mass is 9.94. The summed E-state index contributed by atoms with van der Waals surface area (Å²) >= 11 is 0. The van der Waals surface area contributed by atoms with E-state index in [9.17, 15) is 9.46 Å². The van der Waals surface area contributed by atoms with E-state index in [1.54, 1.807) is 0 Å². The molecule has 0 saturated heterocycles. The molecule has 0 aliphatic rings. The Morgan fingerprint density at radius 3 is 2.07 bits per heavy atom. The standard InChI is InChI=1S/C22H39O4P/c1-4-7-9-12-20-15-16-21(22(19-20)13-10-8-5-2)14-11-18-26-27(23,24)25-17-6-3/h15-16,19H,4-14,17-18H2,1-3H3,(H,23,24). The van der Waals surface area contributed by atoms with E-state index in [1.807, 2.05) is 6.92 Å². The Morgan fingerprint density at radius 2 is 1.41 bits per heavy atom. The molecule has 1 rings (SSSR count). The van der Waals surface area contributed by atoms with Gasteiger partial charge in [0.25, 0.3) is 0 Å². The Morgan fingerprint density at radius 1 is 0.778 bits per heavy atom. The Bertz CT molecular complexity index is 559. The maximum Gasteiger partial charge on any atom is 0.472 e. The van der Waals surface area contributed by atoms with Crippen molar-refractivity contribution in [1.29, 1.82) is 0 Å². The minimum absolute atomic E-state index is 0.240. The smallest absolute Gasteiger partial charge is 0.302 e. The molecule has 0 amide bonds. The molecule has 1 N–H and O–H groups in total. The van der Waals surface area contributed by atoms with E-state index in [0.717, 1.165) is 25.7 Å². The molecule has 5 heteroatoms. The van der Waals surface area contributed by atoms with Crippen LogP contribution in [0.1, 0.15) is 88.8 Å². The van der Waals surface area contributed by atoms with Crippen molar-refractivity contribution in [2.24, 2.45) is 0 Å². The van der Waals surface area contributed by atoms with Crippen LogP contribution in [-0.2, 0) is 32.9 Å². The van der Waals surface area contributed by atoms with Crippen LogP contribution in [0.4, 0.5) is 0 Å². The largest absolute Gasteiger partial charge is 0.472 e. The molecule has 0 aliphatic carbocycles. The van der Waals surface area contributed by atoms with E-state index in [0.29, 0.717) is 6.42 Å². The topological polar surface area (TPSA) is 55.8 Å². The summed E-state index contributed by atoms with van der Waals surface area (Å²) in [6, 6.07) is 6.87. The second-order valence-electron chi connectivity index (χ2n) is 7.26. The molecule has 156 valence electrons. The van der Waals surface area contributed by atoms with Crippen LogP contribution in [0.3, 0.4) is 0 Å². The Kier molecular flexibility index (Phi) is 12.9. The second-order valence-corrected chi connectivity index (χ2v) is 8.71. The third-order valence-corrected chi connectivity index (χ3v) is 5.71. The molecule has 0 aliphatic heterocycles. The Hall–Kier alpha value is -0.670. The van der Waals surface area contributed by atoms with Crippen LogP contribution in [0.5, 0.6) is 0 Å². The summed E-state index contributed by atoms with van der Waals surface area (Å²) < 4.78 is 21.6. The monoisotopic (exact) mass is 398 g/mol. The predicted octanol–water partition coefficient (Wildman–Crippen LogP) is 6.63. The van der Waals surface area contributed by atoms with Crippen molar-refractivity contribution in [2.75, 3.05) is 13.2 Å². The van der Waals surface area contributed by atoms with Gasteiger partial charge in [-0.25, -0.2) is 4.57 Å². The van der Waals surface area contributed by atoms with Gasteiger partial charge in [0.15, 0.2) is 0 Å². The average Bonchev–Trinajstić information content (AvgIpc) is 2.65. The summed E-state index contributed by atoms with van der Waals surface area (Å²) in [5, 5.41) is 0. The minimum atomic E-state index is -3.89. The van der Waals surface area contributed by atoms with Gasteiger partial charge >= 0.3 is 7.82 Å². The van der Waals surface area contributed by atoms with Crippen molar-refractivity contribution >= 4 is 7.82 Å². The van der Waals surface area contributed by atoms with Gasteiger partial charge in [0, 0.05) is 0 Å². The molecule has 1 unspecified atom stereocenters. The highest BCUT2D eigenvalue weighted by Crippen LogP contribution is 2.43. The molecule has 0 aromatic heterocycles. The summed E-state index contributed by atoms with van der Waals surface area (Å²) in [5.74, 6) is 0. The van der Waals surface area contributed by atoms with E-state index < -0.39 is 7.82 Å². The molecular formula is C22H39O4P. The van der Waals surface area contributed by atoms with Gasteiger partial charge in [0.05, 0.1) is 13.2 Å². The van der Waals surface area contributed by atoms with E-state index in [1.165, 1.54) is 55.2 Å². The van der Waals surface area contributed by atoms with Gasteiger partial charge in [-0.3, -0.25) is 9.05 Å². The van der Waals surface area contributed by atoms with Crippen molar-refractivity contribution in [1.82, 2.24) is 0 Å². The summed E-state index contributed by atoms with van der Waals surface area (Å²) in [6.45, 7) is 6.85. The normalized spacial score (nSPS) is 13.6. The molecule has 1 atom stereocenters. The highest BCUT2D eigenvalue weighted by Gasteiger charge is 2.19. The molecular weight excluding hydrogens is 359 g/mol. The fourth-order valence-electron chi connectivity index (χ4n) is 3.14. The fraction of sp³-hybridized carbons (Fsp3) is 0.727. The first-order valence-corrected chi connectivity index (χ1v) is 12.2. The number of hydrogen-bond acceptors (Lipinski definition) is 3. The highest BCUT2D eigenvalue weighted by molar-refractivity contribution is 7.47. The number of hydrogen-bond donors (Lipinski definition) is 1. The molecule has 1 aromatic rings. The molecule has 4 nitrogen and oxygen atoms in total. The van der Waals surface area contributed by atoms with E-state index in [2.05, 4.69) is 32.0 Å². The fourth-order valence-corrected chi connectivity index (χ4v) is 3.99. The van der Waals surface area contributed by atoms with Gasteiger partial charge in [0.1, 0.15) is 0 Å². The zero-order valence-electron chi connectivity index (χ0n) is 17.5. The van der Waals surface area contributed by atoms with Crippen molar-refractivity contribution in [2.45, 2.75) is 91.4 Å². The quantitative estimate of drug-likeness (QED) is 0.251. The first kappa shape index (κ1) is 24.4. The van der Waals surface area contributed by atoms with Crippen LogP contribution < -0.4 is 0 Å². The Labute approximate surface area is 166 Å². The SMILES string of the molecule is CCCCCc1ccc(CCCOP(=O)(O)OCCC)c(CCCCC)c1. The molecule has 0 heterocycles. The lowest BCUT2D eigenvalue weighted by Crippen LogP contribution is -2.02. The van der Waals surface area contributed by atoms with Gasteiger partial charge in [-0.15, -0.1) is 0 Å². The predicted molar refractivity (Wildman–Crippen MR) is 113 cm³/mol. The lowest BCUT2D eigenvalue weighted by Gasteiger charge is -2.14. The molecule has 0 saturated carbocycles. The summed E-state index contributed by atoms with van der Waals surface area (Å²) in [7, 11) is -3.89. The van der Waals surface area contributed by atoms with Gasteiger partial charge < -0.3 is 4.89 Å². The molecule has 1 aromatic carbocycles. The van der Waals surface area contributed by atoms with Gasteiger partial charge in [-0.05, 0) is 61.6 Å². The number of rotatable bonds is 16. The molecule has 0 radical (unpaired) electrons. The van der Waals surface area contributed by atoms with E-state index in [-0.39, 0.29) is 13.2 Å². The first-order valence-electron chi connectivity index (χ1n) is 10.7. The number of unbranched alkanes of at least 4 members (excludes halogenated alkanes) is 4. The van der Waals surface area contributed by atoms with Crippen LogP contribution in [0.15, 0.2) is 18.2 Å². The number of aryl methyl sites for hydroxylation is 3. The number of benzene rings is 1. The zero-order chi connectivity index (χ0) is 20.0. The average molecular weight is 399 g/mol. The maximum absolute atomic E-state index is 11.7. The van der Waals surface area contributed by atoms with Gasteiger partial charge in [-0.1, -0.05) is 64.7 Å². The van der Waals surface area contributed by atoms with Crippen molar-refractivity contribution in [3.05, 3.63) is 34.9 Å². The minimum Gasteiger partial charge on any atom is -0.302 e. The summed E-state index contributed by atoms with van der Waals surface area (Å²) in [5.41, 5.74) is 4.21. The van der Waals surface area contributed by atoms with Crippen LogP contribution in [0, 0.1) is 0 Å². The zero-order valence-corrected chi connectivity index (χ0v) is 18.4. The Balaban J connectivity index is 2.58. The van der Waals surface area contributed by atoms with E-state index in [4.69, 9.17) is 9.05 Å². The van der Waals surface area contributed by atoms with Crippen LogP contribution in [-0.4, -0.2) is 18.1 Å². The molecule has 0 fully saturated rings. The maximum atomic E-state index is 11.7. The van der Waals surface area contributed by atoms with Crippen LogP contribution in [0.25, 0.3) is 0 Å².